The Morgan fingerprint density at radius 2 is 1.74 bits per heavy atom. The van der Waals surface area contributed by atoms with Crippen LogP contribution in [0.3, 0.4) is 0 Å². The lowest BCUT2D eigenvalue weighted by atomic mass is 10.2. The smallest absolute Gasteiger partial charge is 0.270 e. The van der Waals surface area contributed by atoms with Gasteiger partial charge in [0.15, 0.2) is 0 Å². The van der Waals surface area contributed by atoms with Gasteiger partial charge in [0.25, 0.3) is 5.91 Å². The summed E-state index contributed by atoms with van der Waals surface area (Å²) in [6.45, 7) is 2.75. The van der Waals surface area contributed by atoms with Gasteiger partial charge in [0, 0.05) is 24.7 Å². The van der Waals surface area contributed by atoms with Crippen LogP contribution in [0.25, 0.3) is 0 Å². The summed E-state index contributed by atoms with van der Waals surface area (Å²) in [4.78, 5) is 21.1. The molecule has 138 valence electrons. The van der Waals surface area contributed by atoms with E-state index in [2.05, 4.69) is 20.6 Å². The van der Waals surface area contributed by atoms with Crippen molar-refractivity contribution in [2.24, 2.45) is 0 Å². The summed E-state index contributed by atoms with van der Waals surface area (Å²) >= 11 is 0. The summed E-state index contributed by atoms with van der Waals surface area (Å²) < 4.78 is 5.36. The number of nitrogens with one attached hydrogen (secondary N) is 2. The van der Waals surface area contributed by atoms with E-state index in [-0.39, 0.29) is 5.91 Å². The Kier molecular flexibility index (Phi) is 5.99. The van der Waals surface area contributed by atoms with Crippen LogP contribution in [0.2, 0.25) is 0 Å². The zero-order valence-electron chi connectivity index (χ0n) is 15.4. The minimum atomic E-state index is -0.232. The number of nitrogens with zero attached hydrogens (tertiary/aromatic N) is 2. The fraction of sp³-hybridized carbons (Fsp3) is 0.190. The SMILES string of the molecule is COc1ccccc1CNc1cc(C(=O)NCc2ccccc2)nc(C)n1. The average Bonchev–Trinajstić information content (AvgIpc) is 2.71. The predicted molar refractivity (Wildman–Crippen MR) is 105 cm³/mol. The molecule has 1 amide bonds. The van der Waals surface area contributed by atoms with Crippen LogP contribution in [0.4, 0.5) is 5.82 Å². The molecule has 0 bridgehead atoms. The molecule has 0 radical (unpaired) electrons. The van der Waals surface area contributed by atoms with Crippen molar-refractivity contribution in [2.75, 3.05) is 12.4 Å². The third kappa shape index (κ3) is 5.04. The maximum absolute atomic E-state index is 12.4. The second-order valence-corrected chi connectivity index (χ2v) is 6.02. The highest BCUT2D eigenvalue weighted by Gasteiger charge is 2.11. The monoisotopic (exact) mass is 362 g/mol. The maximum atomic E-state index is 12.4. The topological polar surface area (TPSA) is 76.1 Å². The highest BCUT2D eigenvalue weighted by molar-refractivity contribution is 5.92. The van der Waals surface area contributed by atoms with Gasteiger partial charge in [0.1, 0.15) is 23.1 Å². The van der Waals surface area contributed by atoms with Crippen LogP contribution in [-0.2, 0) is 13.1 Å². The molecule has 2 N–H and O–H groups in total. The number of carbonyl (C=O) groups excluding carboxylic acids is 1. The zero-order valence-corrected chi connectivity index (χ0v) is 15.4. The second kappa shape index (κ2) is 8.80. The Bertz CT molecular complexity index is 913. The largest absolute Gasteiger partial charge is 0.496 e. The van der Waals surface area contributed by atoms with Gasteiger partial charge in [-0.2, -0.15) is 0 Å². The number of anilines is 1. The van der Waals surface area contributed by atoms with Crippen molar-refractivity contribution in [3.63, 3.8) is 0 Å². The second-order valence-electron chi connectivity index (χ2n) is 6.02. The van der Waals surface area contributed by atoms with Crippen LogP contribution >= 0.6 is 0 Å². The van der Waals surface area contributed by atoms with E-state index in [1.165, 1.54) is 0 Å². The van der Waals surface area contributed by atoms with Crippen molar-refractivity contribution in [3.05, 3.63) is 83.3 Å². The summed E-state index contributed by atoms with van der Waals surface area (Å²) in [6.07, 6.45) is 0. The molecule has 0 aliphatic carbocycles. The van der Waals surface area contributed by atoms with E-state index in [9.17, 15) is 4.79 Å². The first-order valence-electron chi connectivity index (χ1n) is 8.69. The minimum absolute atomic E-state index is 0.232. The molecule has 3 rings (SSSR count). The summed E-state index contributed by atoms with van der Waals surface area (Å²) in [7, 11) is 1.64. The number of aromatic nitrogens is 2. The number of benzene rings is 2. The predicted octanol–water partition coefficient (Wildman–Crippen LogP) is 3.34. The number of hydrogen-bond acceptors (Lipinski definition) is 5. The first-order chi connectivity index (χ1) is 13.2. The molecule has 0 fully saturated rings. The van der Waals surface area contributed by atoms with Gasteiger partial charge in [-0.05, 0) is 18.6 Å². The molecule has 0 aliphatic heterocycles. The lowest BCUT2D eigenvalue weighted by molar-refractivity contribution is 0.0945. The van der Waals surface area contributed by atoms with Crippen molar-refractivity contribution in [2.45, 2.75) is 20.0 Å². The van der Waals surface area contributed by atoms with E-state index < -0.39 is 0 Å². The average molecular weight is 362 g/mol. The van der Waals surface area contributed by atoms with Gasteiger partial charge in [-0.1, -0.05) is 48.5 Å². The van der Waals surface area contributed by atoms with Crippen molar-refractivity contribution < 1.29 is 9.53 Å². The van der Waals surface area contributed by atoms with Gasteiger partial charge in [-0.3, -0.25) is 4.79 Å². The van der Waals surface area contributed by atoms with E-state index >= 15 is 0 Å². The first kappa shape index (κ1) is 18.4. The van der Waals surface area contributed by atoms with Crippen LogP contribution in [0.5, 0.6) is 5.75 Å². The van der Waals surface area contributed by atoms with Gasteiger partial charge >= 0.3 is 0 Å². The Labute approximate surface area is 158 Å². The molecule has 0 saturated carbocycles. The Hall–Kier alpha value is -3.41. The zero-order chi connectivity index (χ0) is 19.1. The number of aryl methyl sites for hydroxylation is 1. The molecule has 6 heteroatoms. The molecule has 0 atom stereocenters. The van der Waals surface area contributed by atoms with Crippen molar-refractivity contribution in [1.29, 1.82) is 0 Å². The molecule has 0 aliphatic rings. The van der Waals surface area contributed by atoms with Crippen molar-refractivity contribution in [3.8, 4) is 5.75 Å². The molecule has 1 aromatic heterocycles. The number of carbonyl (C=O) groups is 1. The molecule has 0 spiro atoms. The molecule has 3 aromatic rings. The van der Waals surface area contributed by atoms with Gasteiger partial charge in [-0.25, -0.2) is 9.97 Å². The minimum Gasteiger partial charge on any atom is -0.496 e. The lowest BCUT2D eigenvalue weighted by Gasteiger charge is -2.11. The highest BCUT2D eigenvalue weighted by Crippen LogP contribution is 2.18. The number of rotatable bonds is 7. The quantitative estimate of drug-likeness (QED) is 0.674. The first-order valence-corrected chi connectivity index (χ1v) is 8.69. The van der Waals surface area contributed by atoms with Gasteiger partial charge < -0.3 is 15.4 Å². The standard InChI is InChI=1S/C21H22N4O2/c1-15-24-18(21(26)23-13-16-8-4-3-5-9-16)12-20(25-15)22-14-17-10-6-7-11-19(17)27-2/h3-12H,13-14H2,1-2H3,(H,23,26)(H,22,24,25). The normalized spacial score (nSPS) is 10.3. The molecule has 27 heavy (non-hydrogen) atoms. The van der Waals surface area contributed by atoms with E-state index in [0.29, 0.717) is 30.4 Å². The number of para-hydroxylation sites is 1. The Morgan fingerprint density at radius 1 is 1.00 bits per heavy atom. The number of amides is 1. The van der Waals surface area contributed by atoms with E-state index in [1.54, 1.807) is 20.1 Å². The highest BCUT2D eigenvalue weighted by atomic mass is 16.5. The van der Waals surface area contributed by atoms with Gasteiger partial charge in [0.2, 0.25) is 0 Å². The van der Waals surface area contributed by atoms with Crippen molar-refractivity contribution >= 4 is 11.7 Å². The van der Waals surface area contributed by atoms with E-state index in [0.717, 1.165) is 16.9 Å². The van der Waals surface area contributed by atoms with E-state index in [4.69, 9.17) is 4.74 Å². The van der Waals surface area contributed by atoms with Gasteiger partial charge in [0.05, 0.1) is 7.11 Å². The van der Waals surface area contributed by atoms with Gasteiger partial charge in [-0.15, -0.1) is 0 Å². The molecule has 0 saturated heterocycles. The number of ether oxygens (including phenoxy) is 1. The lowest BCUT2D eigenvalue weighted by Crippen LogP contribution is -2.24. The molecular formula is C21H22N4O2. The Morgan fingerprint density at radius 3 is 2.52 bits per heavy atom. The summed E-state index contributed by atoms with van der Waals surface area (Å²) in [5.41, 5.74) is 2.37. The number of hydrogen-bond donors (Lipinski definition) is 2. The Balaban J connectivity index is 1.67. The van der Waals surface area contributed by atoms with Crippen LogP contribution in [0, 0.1) is 6.92 Å². The van der Waals surface area contributed by atoms with E-state index in [1.807, 2.05) is 54.6 Å². The van der Waals surface area contributed by atoms with Crippen LogP contribution in [0.1, 0.15) is 27.4 Å². The van der Waals surface area contributed by atoms with Crippen LogP contribution in [0.15, 0.2) is 60.7 Å². The molecular weight excluding hydrogens is 340 g/mol. The molecule has 6 nitrogen and oxygen atoms in total. The number of methoxy groups -OCH3 is 1. The summed E-state index contributed by atoms with van der Waals surface area (Å²) in [6, 6.07) is 19.2. The fourth-order valence-electron chi connectivity index (χ4n) is 2.68. The van der Waals surface area contributed by atoms with Crippen LogP contribution in [-0.4, -0.2) is 23.0 Å². The summed E-state index contributed by atoms with van der Waals surface area (Å²) in [5.74, 6) is 1.70. The van der Waals surface area contributed by atoms with Crippen molar-refractivity contribution in [1.82, 2.24) is 15.3 Å². The molecule has 1 heterocycles. The fourth-order valence-corrected chi connectivity index (χ4v) is 2.68. The van der Waals surface area contributed by atoms with Crippen LogP contribution < -0.4 is 15.4 Å². The maximum Gasteiger partial charge on any atom is 0.270 e. The molecule has 2 aromatic carbocycles. The third-order valence-corrected chi connectivity index (χ3v) is 4.02. The summed E-state index contributed by atoms with van der Waals surface area (Å²) in [5, 5.41) is 6.12. The third-order valence-electron chi connectivity index (χ3n) is 4.02. The molecule has 0 unspecified atom stereocenters.